The van der Waals surface area contributed by atoms with E-state index >= 15 is 0 Å². The highest BCUT2D eigenvalue weighted by atomic mass is 79.9. The molecule has 0 saturated heterocycles. The van der Waals surface area contributed by atoms with E-state index in [1.165, 1.54) is 0 Å². The molecule has 2 rings (SSSR count). The molecular formula is C14H14Br2N2O. The summed E-state index contributed by atoms with van der Waals surface area (Å²) in [5, 5.41) is 4.25. The van der Waals surface area contributed by atoms with Crippen molar-refractivity contribution in [2.24, 2.45) is 0 Å². The predicted octanol–water partition coefficient (Wildman–Crippen LogP) is 4.53. The fourth-order valence-electron chi connectivity index (χ4n) is 1.93. The van der Waals surface area contributed by atoms with Crippen LogP contribution in [0, 0.1) is 6.92 Å². The van der Waals surface area contributed by atoms with Crippen LogP contribution in [0.15, 0.2) is 33.3 Å². The number of carbonyl (C=O) groups excluding carboxylic acids is 1. The molecule has 0 spiro atoms. The lowest BCUT2D eigenvalue weighted by molar-refractivity contribution is 0.102. The predicted molar refractivity (Wildman–Crippen MR) is 82.6 cm³/mol. The Balaban J connectivity index is 2.56. The third kappa shape index (κ3) is 2.67. The van der Waals surface area contributed by atoms with Crippen LogP contribution in [0.25, 0.3) is 0 Å². The summed E-state index contributed by atoms with van der Waals surface area (Å²) in [6.45, 7) is 5.94. The summed E-state index contributed by atoms with van der Waals surface area (Å²) in [6.07, 6.45) is 1.67. The first-order valence-electron chi connectivity index (χ1n) is 5.96. The second kappa shape index (κ2) is 5.59. The zero-order chi connectivity index (χ0) is 14.2. The first-order chi connectivity index (χ1) is 8.93. The van der Waals surface area contributed by atoms with Crippen LogP contribution in [-0.4, -0.2) is 15.6 Å². The van der Waals surface area contributed by atoms with Crippen LogP contribution in [0.2, 0.25) is 0 Å². The van der Waals surface area contributed by atoms with Gasteiger partial charge in [-0.3, -0.25) is 9.48 Å². The van der Waals surface area contributed by atoms with Crippen molar-refractivity contribution in [3.05, 3.63) is 50.2 Å². The molecule has 1 aromatic carbocycles. The second-order valence-corrected chi connectivity index (χ2v) is 6.33. The van der Waals surface area contributed by atoms with Gasteiger partial charge in [0.15, 0.2) is 0 Å². The average molecular weight is 386 g/mol. The molecule has 0 fully saturated rings. The van der Waals surface area contributed by atoms with Gasteiger partial charge in [0.2, 0.25) is 5.78 Å². The summed E-state index contributed by atoms with van der Waals surface area (Å²) in [5.41, 5.74) is 2.23. The molecule has 1 aromatic heterocycles. The molecule has 0 saturated carbocycles. The molecule has 0 bridgehead atoms. The van der Waals surface area contributed by atoms with Crippen LogP contribution in [-0.2, 0) is 0 Å². The van der Waals surface area contributed by atoms with E-state index in [0.717, 1.165) is 14.5 Å². The van der Waals surface area contributed by atoms with Crippen molar-refractivity contribution in [2.45, 2.75) is 26.8 Å². The Bertz CT molecular complexity index is 632. The number of benzene rings is 1. The summed E-state index contributed by atoms with van der Waals surface area (Å²) in [7, 11) is 0. The van der Waals surface area contributed by atoms with E-state index in [-0.39, 0.29) is 11.8 Å². The normalized spacial score (nSPS) is 11.1. The van der Waals surface area contributed by atoms with E-state index in [1.807, 2.05) is 39.0 Å². The maximum Gasteiger partial charge on any atom is 0.212 e. The molecule has 0 N–H and O–H groups in total. The van der Waals surface area contributed by atoms with Gasteiger partial charge in [-0.05, 0) is 48.3 Å². The Morgan fingerprint density at radius 2 is 1.95 bits per heavy atom. The number of ketones is 1. The van der Waals surface area contributed by atoms with Gasteiger partial charge in [-0.1, -0.05) is 28.1 Å². The van der Waals surface area contributed by atoms with E-state index in [2.05, 4.69) is 37.0 Å². The van der Waals surface area contributed by atoms with E-state index in [1.54, 1.807) is 10.9 Å². The zero-order valence-corrected chi connectivity index (χ0v) is 14.1. The Morgan fingerprint density at radius 3 is 2.58 bits per heavy atom. The van der Waals surface area contributed by atoms with Gasteiger partial charge < -0.3 is 0 Å². The number of aromatic nitrogens is 2. The van der Waals surface area contributed by atoms with Crippen LogP contribution >= 0.6 is 31.9 Å². The van der Waals surface area contributed by atoms with Crippen LogP contribution in [0.3, 0.4) is 0 Å². The lowest BCUT2D eigenvalue weighted by Crippen LogP contribution is -2.15. The zero-order valence-electron chi connectivity index (χ0n) is 10.9. The summed E-state index contributed by atoms with van der Waals surface area (Å²) >= 11 is 6.87. The van der Waals surface area contributed by atoms with Gasteiger partial charge in [-0.25, -0.2) is 0 Å². The quantitative estimate of drug-likeness (QED) is 0.727. The highest BCUT2D eigenvalue weighted by Gasteiger charge is 2.22. The van der Waals surface area contributed by atoms with Gasteiger partial charge in [-0.15, -0.1) is 0 Å². The molecule has 1 heterocycles. The van der Waals surface area contributed by atoms with Gasteiger partial charge in [0.05, 0.1) is 10.7 Å². The smallest absolute Gasteiger partial charge is 0.212 e. The third-order valence-electron chi connectivity index (χ3n) is 2.97. The van der Waals surface area contributed by atoms with Gasteiger partial charge >= 0.3 is 0 Å². The second-order valence-electron chi connectivity index (χ2n) is 4.62. The molecule has 0 aliphatic carbocycles. The van der Waals surface area contributed by atoms with E-state index in [9.17, 15) is 4.79 Å². The topological polar surface area (TPSA) is 34.9 Å². The van der Waals surface area contributed by atoms with Crippen LogP contribution in [0.1, 0.15) is 41.5 Å². The minimum atomic E-state index is -0.0168. The highest BCUT2D eigenvalue weighted by Crippen LogP contribution is 2.26. The number of halogens is 2. The Labute approximate surface area is 129 Å². The average Bonchev–Trinajstić information content (AvgIpc) is 2.74. The van der Waals surface area contributed by atoms with Gasteiger partial charge in [0, 0.05) is 16.1 Å². The molecule has 2 aromatic rings. The fourth-order valence-corrected chi connectivity index (χ4v) is 2.75. The summed E-state index contributed by atoms with van der Waals surface area (Å²) in [5.74, 6) is -0.0168. The molecule has 0 aliphatic heterocycles. The number of hydrogen-bond donors (Lipinski definition) is 0. The highest BCUT2D eigenvalue weighted by molar-refractivity contribution is 9.10. The molecule has 100 valence electrons. The van der Waals surface area contributed by atoms with E-state index < -0.39 is 0 Å². The van der Waals surface area contributed by atoms with Gasteiger partial charge in [0.1, 0.15) is 5.69 Å². The van der Waals surface area contributed by atoms with Crippen LogP contribution < -0.4 is 0 Å². The minimum absolute atomic E-state index is 0.0168. The Kier molecular flexibility index (Phi) is 4.26. The van der Waals surface area contributed by atoms with Crippen LogP contribution in [0.4, 0.5) is 0 Å². The molecule has 3 nitrogen and oxygen atoms in total. The molecule has 0 amide bonds. The van der Waals surface area contributed by atoms with Crippen molar-refractivity contribution in [3.63, 3.8) is 0 Å². The van der Waals surface area contributed by atoms with Crippen molar-refractivity contribution >= 4 is 37.6 Å². The van der Waals surface area contributed by atoms with Crippen molar-refractivity contribution in [3.8, 4) is 0 Å². The molecule has 19 heavy (non-hydrogen) atoms. The van der Waals surface area contributed by atoms with Crippen molar-refractivity contribution in [1.29, 1.82) is 0 Å². The van der Waals surface area contributed by atoms with Gasteiger partial charge in [-0.2, -0.15) is 5.10 Å². The Hall–Kier alpha value is -0.940. The molecular weight excluding hydrogens is 372 g/mol. The molecule has 0 aliphatic rings. The fraction of sp³-hybridized carbons (Fsp3) is 0.286. The summed E-state index contributed by atoms with van der Waals surface area (Å²) in [6, 6.07) is 5.78. The molecule has 0 atom stereocenters. The van der Waals surface area contributed by atoms with Gasteiger partial charge in [0.25, 0.3) is 0 Å². The van der Waals surface area contributed by atoms with Crippen molar-refractivity contribution in [1.82, 2.24) is 9.78 Å². The van der Waals surface area contributed by atoms with Crippen LogP contribution in [0.5, 0.6) is 0 Å². The Morgan fingerprint density at radius 1 is 1.26 bits per heavy atom. The third-order valence-corrected chi connectivity index (χ3v) is 4.41. The summed E-state index contributed by atoms with van der Waals surface area (Å²) < 4.78 is 3.41. The molecule has 0 radical (unpaired) electrons. The number of carbonyl (C=O) groups is 1. The molecule has 5 heteroatoms. The van der Waals surface area contributed by atoms with E-state index in [4.69, 9.17) is 0 Å². The largest absolute Gasteiger partial charge is 0.287 e. The first kappa shape index (κ1) is 14.5. The van der Waals surface area contributed by atoms with E-state index in [0.29, 0.717) is 11.3 Å². The number of rotatable bonds is 3. The van der Waals surface area contributed by atoms with Crippen molar-refractivity contribution < 1.29 is 4.79 Å². The number of hydrogen-bond acceptors (Lipinski definition) is 2. The monoisotopic (exact) mass is 384 g/mol. The lowest BCUT2D eigenvalue weighted by atomic mass is 10.0. The summed E-state index contributed by atoms with van der Waals surface area (Å²) in [4.78, 5) is 12.7. The SMILES string of the molecule is Cc1c(Br)cccc1C(=O)c1c(Br)cnn1C(C)C. The van der Waals surface area contributed by atoms with Crippen molar-refractivity contribution in [2.75, 3.05) is 0 Å². The maximum atomic E-state index is 12.7. The first-order valence-corrected chi connectivity index (χ1v) is 7.55. The lowest BCUT2D eigenvalue weighted by Gasteiger charge is -2.12. The minimum Gasteiger partial charge on any atom is -0.287 e. The molecule has 0 unspecified atom stereocenters. The number of nitrogens with zero attached hydrogens (tertiary/aromatic N) is 2. The standard InChI is InChI=1S/C14H14Br2N2O/c1-8(2)18-13(12(16)7-17-18)14(19)10-5-4-6-11(15)9(10)3/h4-8H,1-3H3. The maximum absolute atomic E-state index is 12.7.